The lowest BCUT2D eigenvalue weighted by molar-refractivity contribution is -0.120. The molecule has 3 nitrogen and oxygen atoms in total. The zero-order valence-corrected chi connectivity index (χ0v) is 12.1. The van der Waals surface area contributed by atoms with E-state index in [0.29, 0.717) is 12.3 Å². The molecule has 0 rings (SSSR count). The fourth-order valence-electron chi connectivity index (χ4n) is 0.815. The van der Waals surface area contributed by atoms with Gasteiger partial charge in [0.15, 0.2) is 0 Å². The predicted octanol–water partition coefficient (Wildman–Crippen LogP) is 2.04. The third-order valence-corrected chi connectivity index (χ3v) is 3.80. The van der Waals surface area contributed by atoms with Gasteiger partial charge in [-0.05, 0) is 12.8 Å². The summed E-state index contributed by atoms with van der Waals surface area (Å²) in [7, 11) is 0. The minimum absolute atomic E-state index is 0.0131. The Balaban J connectivity index is 3.91. The third kappa shape index (κ3) is 7.12. The summed E-state index contributed by atoms with van der Waals surface area (Å²) < 4.78 is 0.0951. The third-order valence-electron chi connectivity index (χ3n) is 2.52. The smallest absolute Gasteiger partial charge is 0.230 e. The summed E-state index contributed by atoms with van der Waals surface area (Å²) in [5.41, 5.74) is -0.831. The van der Waals surface area contributed by atoms with Crippen LogP contribution in [-0.4, -0.2) is 33.7 Å². The lowest BCUT2D eigenvalue weighted by Crippen LogP contribution is -2.45. The highest BCUT2D eigenvalue weighted by atomic mass is 32.2. The molecular formula is C12H25NO2S. The molecule has 0 aromatic heterocycles. The van der Waals surface area contributed by atoms with Crippen molar-refractivity contribution in [3.8, 4) is 0 Å². The molecule has 0 aromatic rings. The molecule has 2 N–H and O–H groups in total. The molecule has 0 aliphatic heterocycles. The number of hydrogen-bond acceptors (Lipinski definition) is 3. The van der Waals surface area contributed by atoms with E-state index in [1.54, 1.807) is 18.7 Å². The van der Waals surface area contributed by atoms with E-state index in [1.165, 1.54) is 0 Å². The van der Waals surface area contributed by atoms with Gasteiger partial charge in [0.25, 0.3) is 0 Å². The Morgan fingerprint density at radius 3 is 2.19 bits per heavy atom. The second kappa shape index (κ2) is 5.92. The molecule has 0 aliphatic rings. The topological polar surface area (TPSA) is 49.3 Å². The van der Waals surface area contributed by atoms with Crippen molar-refractivity contribution in [2.75, 3.05) is 12.3 Å². The Labute approximate surface area is 103 Å². The molecule has 16 heavy (non-hydrogen) atoms. The average Bonchev–Trinajstić information content (AvgIpc) is 2.10. The molecule has 0 fully saturated rings. The standard InChI is InChI=1S/C12H25NO2S/c1-9(2)12(6,15)8-13-10(14)7-16-11(3,4)5/h9,15H,7-8H2,1-6H3,(H,13,14). The first kappa shape index (κ1) is 15.8. The number of carbonyl (C=O) groups excluding carboxylic acids is 1. The number of thioether (sulfide) groups is 1. The number of carbonyl (C=O) groups is 1. The summed E-state index contributed by atoms with van der Waals surface area (Å²) in [4.78, 5) is 11.5. The van der Waals surface area contributed by atoms with Gasteiger partial charge in [0, 0.05) is 11.3 Å². The van der Waals surface area contributed by atoms with Crippen LogP contribution in [0.3, 0.4) is 0 Å². The Kier molecular flexibility index (Phi) is 5.84. The minimum atomic E-state index is -0.831. The van der Waals surface area contributed by atoms with Crippen LogP contribution in [0.5, 0.6) is 0 Å². The Morgan fingerprint density at radius 2 is 1.81 bits per heavy atom. The van der Waals surface area contributed by atoms with Crippen LogP contribution < -0.4 is 5.32 Å². The molecular weight excluding hydrogens is 222 g/mol. The largest absolute Gasteiger partial charge is 0.388 e. The molecule has 0 radical (unpaired) electrons. The number of aliphatic hydroxyl groups is 1. The second-order valence-electron chi connectivity index (χ2n) is 5.69. The SMILES string of the molecule is CC(C)C(C)(O)CNC(=O)CSC(C)(C)C. The summed E-state index contributed by atoms with van der Waals surface area (Å²) in [6, 6.07) is 0. The fourth-order valence-corrected chi connectivity index (χ4v) is 1.48. The summed E-state index contributed by atoms with van der Waals surface area (Å²) in [6.07, 6.45) is 0. The van der Waals surface area contributed by atoms with Crippen molar-refractivity contribution in [2.24, 2.45) is 5.92 Å². The van der Waals surface area contributed by atoms with E-state index in [1.807, 2.05) is 13.8 Å². The quantitative estimate of drug-likeness (QED) is 0.781. The minimum Gasteiger partial charge on any atom is -0.388 e. The summed E-state index contributed by atoms with van der Waals surface area (Å²) >= 11 is 1.61. The van der Waals surface area contributed by atoms with Crippen LogP contribution in [0.15, 0.2) is 0 Å². The lowest BCUT2D eigenvalue weighted by atomic mass is 9.93. The van der Waals surface area contributed by atoms with Gasteiger partial charge in [0.2, 0.25) is 5.91 Å². The molecule has 4 heteroatoms. The van der Waals surface area contributed by atoms with Crippen LogP contribution in [-0.2, 0) is 4.79 Å². The van der Waals surface area contributed by atoms with Crippen molar-refractivity contribution in [3.05, 3.63) is 0 Å². The highest BCUT2D eigenvalue weighted by Crippen LogP contribution is 2.22. The first-order valence-corrected chi connectivity index (χ1v) is 6.66. The van der Waals surface area contributed by atoms with E-state index in [0.717, 1.165) is 0 Å². The molecule has 1 atom stereocenters. The van der Waals surface area contributed by atoms with E-state index in [4.69, 9.17) is 0 Å². The second-order valence-corrected chi connectivity index (χ2v) is 7.49. The number of rotatable bonds is 5. The van der Waals surface area contributed by atoms with Gasteiger partial charge in [-0.1, -0.05) is 34.6 Å². The van der Waals surface area contributed by atoms with Crippen LogP contribution >= 0.6 is 11.8 Å². The van der Waals surface area contributed by atoms with Crippen LogP contribution in [0.2, 0.25) is 0 Å². The molecule has 0 heterocycles. The molecule has 0 saturated carbocycles. The van der Waals surface area contributed by atoms with Crippen molar-refractivity contribution in [1.29, 1.82) is 0 Å². The van der Waals surface area contributed by atoms with Gasteiger partial charge in [-0.3, -0.25) is 4.79 Å². The molecule has 0 saturated heterocycles. The van der Waals surface area contributed by atoms with Gasteiger partial charge in [0.05, 0.1) is 11.4 Å². The normalized spacial score (nSPS) is 16.0. The van der Waals surface area contributed by atoms with Crippen LogP contribution in [0.25, 0.3) is 0 Å². The lowest BCUT2D eigenvalue weighted by Gasteiger charge is -2.28. The van der Waals surface area contributed by atoms with Crippen molar-refractivity contribution in [3.63, 3.8) is 0 Å². The summed E-state index contributed by atoms with van der Waals surface area (Å²) in [6.45, 7) is 12.2. The molecule has 0 aliphatic carbocycles. The van der Waals surface area contributed by atoms with Crippen LogP contribution in [0, 0.1) is 5.92 Å². The Hall–Kier alpha value is -0.220. The number of hydrogen-bond donors (Lipinski definition) is 2. The van der Waals surface area contributed by atoms with Gasteiger partial charge in [-0.25, -0.2) is 0 Å². The average molecular weight is 247 g/mol. The summed E-state index contributed by atoms with van der Waals surface area (Å²) in [5, 5.41) is 12.7. The maximum atomic E-state index is 11.5. The van der Waals surface area contributed by atoms with E-state index >= 15 is 0 Å². The monoisotopic (exact) mass is 247 g/mol. The maximum Gasteiger partial charge on any atom is 0.230 e. The molecule has 0 bridgehead atoms. The van der Waals surface area contributed by atoms with E-state index in [9.17, 15) is 9.90 Å². The first-order chi connectivity index (χ1) is 7.04. The predicted molar refractivity (Wildman–Crippen MR) is 70.7 cm³/mol. The number of amides is 1. The summed E-state index contributed by atoms with van der Waals surface area (Å²) in [5.74, 6) is 0.557. The Morgan fingerprint density at radius 1 is 1.31 bits per heavy atom. The molecule has 96 valence electrons. The van der Waals surface area contributed by atoms with E-state index in [2.05, 4.69) is 26.1 Å². The molecule has 1 amide bonds. The zero-order chi connectivity index (χ0) is 13.0. The van der Waals surface area contributed by atoms with Crippen molar-refractivity contribution in [1.82, 2.24) is 5.32 Å². The maximum absolute atomic E-state index is 11.5. The van der Waals surface area contributed by atoms with Gasteiger partial charge in [0.1, 0.15) is 0 Å². The van der Waals surface area contributed by atoms with Gasteiger partial charge in [-0.15, -0.1) is 11.8 Å². The van der Waals surface area contributed by atoms with Gasteiger partial charge in [-0.2, -0.15) is 0 Å². The van der Waals surface area contributed by atoms with Crippen molar-refractivity contribution < 1.29 is 9.90 Å². The van der Waals surface area contributed by atoms with E-state index < -0.39 is 5.60 Å². The van der Waals surface area contributed by atoms with Crippen LogP contribution in [0.1, 0.15) is 41.5 Å². The van der Waals surface area contributed by atoms with Crippen LogP contribution in [0.4, 0.5) is 0 Å². The van der Waals surface area contributed by atoms with Crippen molar-refractivity contribution >= 4 is 17.7 Å². The first-order valence-electron chi connectivity index (χ1n) is 5.67. The van der Waals surface area contributed by atoms with E-state index in [-0.39, 0.29) is 16.6 Å². The van der Waals surface area contributed by atoms with Crippen molar-refractivity contribution in [2.45, 2.75) is 51.9 Å². The molecule has 0 spiro atoms. The number of nitrogens with one attached hydrogen (secondary N) is 1. The van der Waals surface area contributed by atoms with Gasteiger partial charge >= 0.3 is 0 Å². The molecule has 1 unspecified atom stereocenters. The van der Waals surface area contributed by atoms with Gasteiger partial charge < -0.3 is 10.4 Å². The molecule has 0 aromatic carbocycles. The Bertz CT molecular complexity index is 232. The fraction of sp³-hybridized carbons (Fsp3) is 0.917. The zero-order valence-electron chi connectivity index (χ0n) is 11.3. The highest BCUT2D eigenvalue weighted by Gasteiger charge is 2.25. The highest BCUT2D eigenvalue weighted by molar-refractivity contribution is 8.01.